The molecule has 0 fully saturated rings. The van der Waals surface area contributed by atoms with Gasteiger partial charge < -0.3 is 10.4 Å². The van der Waals surface area contributed by atoms with E-state index in [1.165, 1.54) is 0 Å². The van der Waals surface area contributed by atoms with Crippen molar-refractivity contribution in [3.8, 4) is 0 Å². The molecule has 0 radical (unpaired) electrons. The van der Waals surface area contributed by atoms with Gasteiger partial charge in [0.1, 0.15) is 5.82 Å². The summed E-state index contributed by atoms with van der Waals surface area (Å²) < 4.78 is 13.0. The van der Waals surface area contributed by atoms with Gasteiger partial charge in [0.2, 0.25) is 5.91 Å². The molecule has 0 aliphatic carbocycles. The normalized spacial score (nSPS) is 9.71. The van der Waals surface area contributed by atoms with E-state index in [1.54, 1.807) is 6.08 Å². The number of carbonyl (C=O) groups is 2. The van der Waals surface area contributed by atoms with Gasteiger partial charge in [0.15, 0.2) is 0 Å². The minimum Gasteiger partial charge on any atom is -0.478 e. The number of halogens is 1. The van der Waals surface area contributed by atoms with E-state index < -0.39 is 11.8 Å². The molecule has 1 rings (SSSR count). The highest BCUT2D eigenvalue weighted by atomic mass is 19.1. The van der Waals surface area contributed by atoms with Crippen molar-refractivity contribution in [3.63, 3.8) is 0 Å². The van der Waals surface area contributed by atoms with Crippen molar-refractivity contribution in [2.24, 2.45) is 0 Å². The van der Waals surface area contributed by atoms with Crippen molar-refractivity contribution in [2.75, 3.05) is 5.32 Å². The van der Waals surface area contributed by atoms with E-state index >= 15 is 0 Å². The van der Waals surface area contributed by atoms with E-state index in [9.17, 15) is 14.0 Å². The number of carbonyl (C=O) groups excluding carboxylic acids is 1. The molecule has 17 heavy (non-hydrogen) atoms. The highest BCUT2D eigenvalue weighted by molar-refractivity contribution is 6.00. The average molecular weight is 237 g/mol. The molecule has 0 saturated carbocycles. The number of carboxylic acid groups (broad SMARTS) is 1. The Morgan fingerprint density at radius 2 is 2.18 bits per heavy atom. The second kappa shape index (κ2) is 5.79. The zero-order valence-corrected chi connectivity index (χ0v) is 9.07. The standard InChI is InChI=1S/C12H12FNO3/c1-2-3-4-11(15)14-10-7-8(13)5-6-9(10)12(16)17/h2,5-7H,1,3-4H2,(H,14,15)(H,16,17). The van der Waals surface area contributed by atoms with Crippen LogP contribution in [0.2, 0.25) is 0 Å². The molecule has 0 heterocycles. The number of hydrogen-bond donors (Lipinski definition) is 2. The predicted molar refractivity (Wildman–Crippen MR) is 61.4 cm³/mol. The summed E-state index contributed by atoms with van der Waals surface area (Å²) in [6.45, 7) is 3.47. The third kappa shape index (κ3) is 3.71. The van der Waals surface area contributed by atoms with Crippen molar-refractivity contribution in [1.29, 1.82) is 0 Å². The Bertz CT molecular complexity index is 457. The van der Waals surface area contributed by atoms with Crippen molar-refractivity contribution in [1.82, 2.24) is 0 Å². The number of rotatable bonds is 5. The van der Waals surface area contributed by atoms with E-state index in [0.717, 1.165) is 18.2 Å². The molecular formula is C12H12FNO3. The molecule has 0 bridgehead atoms. The molecule has 0 atom stereocenters. The van der Waals surface area contributed by atoms with Gasteiger partial charge >= 0.3 is 5.97 Å². The third-order valence-electron chi connectivity index (χ3n) is 2.06. The minimum atomic E-state index is -1.22. The molecule has 0 aromatic heterocycles. The summed E-state index contributed by atoms with van der Waals surface area (Å²) in [5.41, 5.74) is -0.176. The molecule has 1 amide bonds. The third-order valence-corrected chi connectivity index (χ3v) is 2.06. The summed E-state index contributed by atoms with van der Waals surface area (Å²) in [5, 5.41) is 11.2. The molecule has 0 spiro atoms. The number of benzene rings is 1. The fourth-order valence-electron chi connectivity index (χ4n) is 1.25. The lowest BCUT2D eigenvalue weighted by molar-refractivity contribution is -0.116. The van der Waals surface area contributed by atoms with Gasteiger partial charge in [-0.15, -0.1) is 6.58 Å². The Labute approximate surface area is 97.8 Å². The smallest absolute Gasteiger partial charge is 0.337 e. The minimum absolute atomic E-state index is 0.0356. The first-order valence-corrected chi connectivity index (χ1v) is 4.98. The number of anilines is 1. The molecule has 2 N–H and O–H groups in total. The van der Waals surface area contributed by atoms with Gasteiger partial charge in [-0.2, -0.15) is 0 Å². The molecule has 0 aliphatic heterocycles. The van der Waals surface area contributed by atoms with Crippen LogP contribution in [0, 0.1) is 5.82 Å². The van der Waals surface area contributed by atoms with Gasteiger partial charge in [-0.3, -0.25) is 4.79 Å². The summed E-state index contributed by atoms with van der Waals surface area (Å²) in [6.07, 6.45) is 2.23. The first-order valence-electron chi connectivity index (χ1n) is 4.98. The SMILES string of the molecule is C=CCCC(=O)Nc1cc(F)ccc1C(=O)O. The van der Waals surface area contributed by atoms with Gasteiger partial charge in [-0.25, -0.2) is 9.18 Å². The van der Waals surface area contributed by atoms with Crippen LogP contribution in [0.5, 0.6) is 0 Å². The molecule has 0 saturated heterocycles. The Hall–Kier alpha value is -2.17. The zero-order valence-electron chi connectivity index (χ0n) is 9.07. The fraction of sp³-hybridized carbons (Fsp3) is 0.167. The first kappa shape index (κ1) is 12.9. The van der Waals surface area contributed by atoms with Crippen LogP contribution in [0.4, 0.5) is 10.1 Å². The van der Waals surface area contributed by atoms with Gasteiger partial charge in [-0.1, -0.05) is 6.08 Å². The van der Waals surface area contributed by atoms with Crippen LogP contribution in [-0.4, -0.2) is 17.0 Å². The van der Waals surface area contributed by atoms with Crippen LogP contribution < -0.4 is 5.32 Å². The lowest BCUT2D eigenvalue weighted by atomic mass is 10.1. The molecular weight excluding hydrogens is 225 g/mol. The van der Waals surface area contributed by atoms with Crippen molar-refractivity contribution in [3.05, 3.63) is 42.2 Å². The van der Waals surface area contributed by atoms with E-state index in [4.69, 9.17) is 5.11 Å². The Balaban J connectivity index is 2.88. The van der Waals surface area contributed by atoms with Crippen molar-refractivity contribution in [2.45, 2.75) is 12.8 Å². The largest absolute Gasteiger partial charge is 0.478 e. The number of nitrogens with one attached hydrogen (secondary N) is 1. The predicted octanol–water partition coefficient (Wildman–Crippen LogP) is 2.43. The van der Waals surface area contributed by atoms with Crippen LogP contribution >= 0.6 is 0 Å². The number of amides is 1. The molecule has 1 aromatic carbocycles. The molecule has 0 unspecified atom stereocenters. The molecule has 5 heteroatoms. The van der Waals surface area contributed by atoms with Gasteiger partial charge in [0.25, 0.3) is 0 Å². The van der Waals surface area contributed by atoms with Crippen LogP contribution in [0.25, 0.3) is 0 Å². The second-order valence-corrected chi connectivity index (χ2v) is 3.37. The van der Waals surface area contributed by atoms with Gasteiger partial charge in [0, 0.05) is 6.42 Å². The molecule has 4 nitrogen and oxygen atoms in total. The maximum atomic E-state index is 13.0. The van der Waals surface area contributed by atoms with E-state index in [0.29, 0.717) is 6.42 Å². The first-order chi connectivity index (χ1) is 8.04. The van der Waals surface area contributed by atoms with E-state index in [2.05, 4.69) is 11.9 Å². The van der Waals surface area contributed by atoms with Gasteiger partial charge in [-0.05, 0) is 24.6 Å². The maximum Gasteiger partial charge on any atom is 0.337 e. The second-order valence-electron chi connectivity index (χ2n) is 3.37. The van der Waals surface area contributed by atoms with Crippen LogP contribution in [0.15, 0.2) is 30.9 Å². The number of allylic oxidation sites excluding steroid dienone is 1. The summed E-state index contributed by atoms with van der Waals surface area (Å²) in [4.78, 5) is 22.2. The van der Waals surface area contributed by atoms with E-state index in [-0.39, 0.29) is 23.6 Å². The van der Waals surface area contributed by atoms with E-state index in [1.807, 2.05) is 0 Å². The Morgan fingerprint density at radius 1 is 1.47 bits per heavy atom. The molecule has 1 aromatic rings. The summed E-state index contributed by atoms with van der Waals surface area (Å²) in [6, 6.07) is 3.12. The summed E-state index contributed by atoms with van der Waals surface area (Å²) >= 11 is 0. The quantitative estimate of drug-likeness (QED) is 0.773. The lowest BCUT2D eigenvalue weighted by Gasteiger charge is -2.07. The molecule has 0 aliphatic rings. The maximum absolute atomic E-state index is 13.0. The number of aromatic carboxylic acids is 1. The topological polar surface area (TPSA) is 66.4 Å². The highest BCUT2D eigenvalue weighted by Crippen LogP contribution is 2.17. The van der Waals surface area contributed by atoms with Crippen LogP contribution in [0.3, 0.4) is 0 Å². The Kier molecular flexibility index (Phi) is 4.39. The fourth-order valence-corrected chi connectivity index (χ4v) is 1.25. The van der Waals surface area contributed by atoms with Crippen LogP contribution in [0.1, 0.15) is 23.2 Å². The number of carboxylic acids is 1. The van der Waals surface area contributed by atoms with Crippen molar-refractivity contribution >= 4 is 17.6 Å². The average Bonchev–Trinajstić information content (AvgIpc) is 2.26. The van der Waals surface area contributed by atoms with Crippen LogP contribution in [-0.2, 0) is 4.79 Å². The zero-order chi connectivity index (χ0) is 12.8. The number of hydrogen-bond acceptors (Lipinski definition) is 2. The monoisotopic (exact) mass is 237 g/mol. The highest BCUT2D eigenvalue weighted by Gasteiger charge is 2.12. The van der Waals surface area contributed by atoms with Crippen molar-refractivity contribution < 1.29 is 19.1 Å². The molecule has 90 valence electrons. The lowest BCUT2D eigenvalue weighted by Crippen LogP contribution is -2.14. The van der Waals surface area contributed by atoms with Gasteiger partial charge in [0.05, 0.1) is 11.3 Å². The Morgan fingerprint density at radius 3 is 2.76 bits per heavy atom. The summed E-state index contributed by atoms with van der Waals surface area (Å²) in [7, 11) is 0. The summed E-state index contributed by atoms with van der Waals surface area (Å²) in [5.74, 6) is -2.20.